The molecule has 4 nitrogen and oxygen atoms in total. The van der Waals surface area contributed by atoms with Crippen molar-refractivity contribution in [2.75, 3.05) is 18.4 Å². The van der Waals surface area contributed by atoms with Gasteiger partial charge < -0.3 is 16.0 Å². The number of hydrogen-bond acceptors (Lipinski definition) is 2. The van der Waals surface area contributed by atoms with Crippen LogP contribution in [0.25, 0.3) is 0 Å². The van der Waals surface area contributed by atoms with Crippen molar-refractivity contribution < 1.29 is 4.79 Å². The lowest BCUT2D eigenvalue weighted by atomic mass is 9.95. The van der Waals surface area contributed by atoms with Crippen molar-refractivity contribution in [3.63, 3.8) is 0 Å². The number of anilines is 1. The van der Waals surface area contributed by atoms with E-state index in [1.807, 2.05) is 36.4 Å². The fourth-order valence-electron chi connectivity index (χ4n) is 3.67. The summed E-state index contributed by atoms with van der Waals surface area (Å²) in [5.74, 6) is 0.219. The van der Waals surface area contributed by atoms with Crippen LogP contribution in [0.5, 0.6) is 0 Å². The maximum absolute atomic E-state index is 12.3. The van der Waals surface area contributed by atoms with Gasteiger partial charge in [-0.15, -0.1) is 0 Å². The van der Waals surface area contributed by atoms with Gasteiger partial charge in [0.15, 0.2) is 0 Å². The number of nitrogens with one attached hydrogen (secondary N) is 3. The number of amides is 2. The standard InChI is InChI=1S/C22H27Cl2N3O/c23-18-10-8-16(9-11-18)17(12-13-25-20-5-1-2-6-20)15-26-22(28)27-21-7-3-4-19(24)14-21/h3-4,7-11,14,17,20,25H,1-2,5-6,12-13,15H2,(H2,26,27,28). The van der Waals surface area contributed by atoms with Crippen LogP contribution in [0.4, 0.5) is 10.5 Å². The van der Waals surface area contributed by atoms with Gasteiger partial charge in [-0.2, -0.15) is 0 Å². The number of halogens is 2. The van der Waals surface area contributed by atoms with Crippen LogP contribution < -0.4 is 16.0 Å². The minimum absolute atomic E-state index is 0.219. The molecule has 0 radical (unpaired) electrons. The van der Waals surface area contributed by atoms with Crippen molar-refractivity contribution in [3.8, 4) is 0 Å². The van der Waals surface area contributed by atoms with Gasteiger partial charge in [-0.3, -0.25) is 0 Å². The molecule has 0 aromatic heterocycles. The molecule has 28 heavy (non-hydrogen) atoms. The summed E-state index contributed by atoms with van der Waals surface area (Å²) in [5, 5.41) is 10.8. The Hall–Kier alpha value is -1.75. The third kappa shape index (κ3) is 6.69. The number of rotatable bonds is 8. The third-order valence-electron chi connectivity index (χ3n) is 5.21. The van der Waals surface area contributed by atoms with Crippen LogP contribution in [-0.2, 0) is 0 Å². The third-order valence-corrected chi connectivity index (χ3v) is 5.70. The maximum Gasteiger partial charge on any atom is 0.319 e. The summed E-state index contributed by atoms with van der Waals surface area (Å²) in [6.45, 7) is 1.50. The van der Waals surface area contributed by atoms with Gasteiger partial charge in [0.05, 0.1) is 0 Å². The molecule has 150 valence electrons. The average Bonchev–Trinajstić information content (AvgIpc) is 3.19. The predicted octanol–water partition coefficient (Wildman–Crippen LogP) is 5.82. The molecule has 0 heterocycles. The SMILES string of the molecule is O=C(NCC(CCNC1CCCC1)c1ccc(Cl)cc1)Nc1cccc(Cl)c1. The lowest BCUT2D eigenvalue weighted by Crippen LogP contribution is -2.34. The second-order valence-electron chi connectivity index (χ2n) is 7.32. The van der Waals surface area contributed by atoms with Crippen LogP contribution in [0.3, 0.4) is 0 Å². The molecule has 2 amide bonds. The van der Waals surface area contributed by atoms with E-state index in [1.54, 1.807) is 12.1 Å². The van der Waals surface area contributed by atoms with Crippen molar-refractivity contribution in [2.24, 2.45) is 0 Å². The highest BCUT2D eigenvalue weighted by Gasteiger charge is 2.17. The number of urea groups is 1. The average molecular weight is 420 g/mol. The quantitative estimate of drug-likeness (QED) is 0.504. The van der Waals surface area contributed by atoms with E-state index in [-0.39, 0.29) is 11.9 Å². The molecule has 6 heteroatoms. The smallest absolute Gasteiger partial charge is 0.319 e. The number of carbonyl (C=O) groups excluding carboxylic acids is 1. The molecule has 0 aliphatic heterocycles. The lowest BCUT2D eigenvalue weighted by molar-refractivity contribution is 0.251. The Balaban J connectivity index is 1.54. The van der Waals surface area contributed by atoms with E-state index in [0.29, 0.717) is 23.3 Å². The van der Waals surface area contributed by atoms with Crippen molar-refractivity contribution in [1.82, 2.24) is 10.6 Å². The Morgan fingerprint density at radius 1 is 1.04 bits per heavy atom. The van der Waals surface area contributed by atoms with E-state index < -0.39 is 0 Å². The van der Waals surface area contributed by atoms with Crippen LogP contribution in [0.2, 0.25) is 10.0 Å². The second kappa shape index (κ2) is 10.7. The van der Waals surface area contributed by atoms with E-state index in [0.717, 1.165) is 18.0 Å². The Bertz CT molecular complexity index is 761. The number of carbonyl (C=O) groups is 1. The topological polar surface area (TPSA) is 53.2 Å². The summed E-state index contributed by atoms with van der Waals surface area (Å²) in [5.41, 5.74) is 1.86. The zero-order valence-electron chi connectivity index (χ0n) is 15.9. The van der Waals surface area contributed by atoms with E-state index in [9.17, 15) is 4.79 Å². The summed E-state index contributed by atoms with van der Waals surface area (Å²) in [6.07, 6.45) is 6.14. The minimum Gasteiger partial charge on any atom is -0.337 e. The van der Waals surface area contributed by atoms with E-state index in [2.05, 4.69) is 16.0 Å². The van der Waals surface area contributed by atoms with Crippen LogP contribution in [0.15, 0.2) is 48.5 Å². The molecule has 1 atom stereocenters. The molecule has 2 aromatic rings. The van der Waals surface area contributed by atoms with Crippen molar-refractivity contribution in [2.45, 2.75) is 44.1 Å². The van der Waals surface area contributed by atoms with Gasteiger partial charge in [0.2, 0.25) is 0 Å². The van der Waals surface area contributed by atoms with E-state index >= 15 is 0 Å². The van der Waals surface area contributed by atoms with Crippen molar-refractivity contribution >= 4 is 34.9 Å². The van der Waals surface area contributed by atoms with Crippen molar-refractivity contribution in [3.05, 3.63) is 64.1 Å². The monoisotopic (exact) mass is 419 g/mol. The molecule has 1 unspecified atom stereocenters. The minimum atomic E-state index is -0.231. The second-order valence-corrected chi connectivity index (χ2v) is 8.19. The van der Waals surface area contributed by atoms with Gasteiger partial charge in [0.25, 0.3) is 0 Å². The molecule has 1 saturated carbocycles. The number of hydrogen-bond donors (Lipinski definition) is 3. The molecule has 1 aliphatic carbocycles. The zero-order chi connectivity index (χ0) is 19.8. The molecule has 1 aliphatic rings. The maximum atomic E-state index is 12.3. The molecule has 3 rings (SSSR count). The highest BCUT2D eigenvalue weighted by molar-refractivity contribution is 6.31. The van der Waals surface area contributed by atoms with Crippen LogP contribution in [0, 0.1) is 0 Å². The highest BCUT2D eigenvalue weighted by atomic mass is 35.5. The summed E-state index contributed by atoms with van der Waals surface area (Å²) in [6, 6.07) is 15.4. The summed E-state index contributed by atoms with van der Waals surface area (Å²) in [4.78, 5) is 12.3. The molecule has 3 N–H and O–H groups in total. The molecular formula is C22H27Cl2N3O. The van der Waals surface area contributed by atoms with Gasteiger partial charge in [0.1, 0.15) is 0 Å². The van der Waals surface area contributed by atoms with E-state index in [1.165, 1.54) is 31.2 Å². The van der Waals surface area contributed by atoms with Gasteiger partial charge in [-0.1, -0.05) is 54.2 Å². The Labute approximate surface area is 177 Å². The summed E-state index contributed by atoms with van der Waals surface area (Å²) < 4.78 is 0. The van der Waals surface area contributed by atoms with Gasteiger partial charge in [-0.25, -0.2) is 4.79 Å². The Morgan fingerprint density at radius 3 is 2.50 bits per heavy atom. The van der Waals surface area contributed by atoms with Crippen LogP contribution in [0.1, 0.15) is 43.6 Å². The van der Waals surface area contributed by atoms with Crippen molar-refractivity contribution in [1.29, 1.82) is 0 Å². The Kier molecular flexibility index (Phi) is 8.01. The largest absolute Gasteiger partial charge is 0.337 e. The first-order valence-electron chi connectivity index (χ1n) is 9.89. The number of benzene rings is 2. The fourth-order valence-corrected chi connectivity index (χ4v) is 3.99. The molecule has 2 aromatic carbocycles. The van der Waals surface area contributed by atoms with Gasteiger partial charge in [-0.05, 0) is 61.7 Å². The van der Waals surface area contributed by atoms with Gasteiger partial charge in [0, 0.05) is 34.2 Å². The lowest BCUT2D eigenvalue weighted by Gasteiger charge is -2.20. The first-order chi connectivity index (χ1) is 13.6. The van der Waals surface area contributed by atoms with E-state index in [4.69, 9.17) is 23.2 Å². The molecular weight excluding hydrogens is 393 g/mol. The highest BCUT2D eigenvalue weighted by Crippen LogP contribution is 2.22. The fraction of sp³-hybridized carbons (Fsp3) is 0.409. The molecule has 0 spiro atoms. The first-order valence-corrected chi connectivity index (χ1v) is 10.6. The molecule has 0 bridgehead atoms. The van der Waals surface area contributed by atoms with Gasteiger partial charge >= 0.3 is 6.03 Å². The predicted molar refractivity (Wildman–Crippen MR) is 118 cm³/mol. The zero-order valence-corrected chi connectivity index (χ0v) is 17.4. The molecule has 1 fully saturated rings. The summed E-state index contributed by atoms with van der Waals surface area (Å²) in [7, 11) is 0. The normalized spacial score (nSPS) is 15.4. The first kappa shape index (κ1) is 21.0. The Morgan fingerprint density at radius 2 is 1.79 bits per heavy atom. The molecule has 0 saturated heterocycles. The van der Waals surface area contributed by atoms with Crippen LogP contribution in [-0.4, -0.2) is 25.2 Å². The van der Waals surface area contributed by atoms with Crippen LogP contribution >= 0.6 is 23.2 Å². The summed E-state index contributed by atoms with van der Waals surface area (Å²) >= 11 is 12.0.